The van der Waals surface area contributed by atoms with Gasteiger partial charge in [-0.2, -0.15) is 8.42 Å². The van der Waals surface area contributed by atoms with Crippen molar-refractivity contribution in [2.24, 2.45) is 5.73 Å². The third-order valence-electron chi connectivity index (χ3n) is 5.43. The molecule has 1 aliphatic heterocycles. The molecule has 0 fully saturated rings. The van der Waals surface area contributed by atoms with Gasteiger partial charge in [-0.05, 0) is 48.0 Å². The Morgan fingerprint density at radius 3 is 2.66 bits per heavy atom. The highest BCUT2D eigenvalue weighted by Gasteiger charge is 2.27. The molecule has 4 aromatic rings. The number of anilines is 1. The van der Waals surface area contributed by atoms with E-state index in [1.165, 1.54) is 18.5 Å². The molecule has 5 N–H and O–H groups in total. The Kier molecular flexibility index (Phi) is 6.52. The van der Waals surface area contributed by atoms with Gasteiger partial charge >= 0.3 is 15.8 Å². The van der Waals surface area contributed by atoms with Gasteiger partial charge in [0, 0.05) is 29.2 Å². The lowest BCUT2D eigenvalue weighted by Gasteiger charge is -2.24. The zero-order valence-electron chi connectivity index (χ0n) is 19.9. The number of ether oxygens (including phenoxy) is 2. The van der Waals surface area contributed by atoms with E-state index in [-0.39, 0.29) is 42.5 Å². The maximum atomic E-state index is 12.8. The van der Waals surface area contributed by atoms with E-state index in [0.29, 0.717) is 22.4 Å². The third kappa shape index (κ3) is 5.33. The average molecular weight is 539 g/mol. The second kappa shape index (κ2) is 9.95. The predicted molar refractivity (Wildman–Crippen MR) is 135 cm³/mol. The second-order valence-corrected chi connectivity index (χ2v) is 9.82. The minimum absolute atomic E-state index is 0.0322. The van der Waals surface area contributed by atoms with Crippen LogP contribution in [-0.2, 0) is 21.5 Å². The Labute approximate surface area is 216 Å². The highest BCUT2D eigenvalue weighted by atomic mass is 32.2. The number of aromatic nitrogens is 5. The van der Waals surface area contributed by atoms with Crippen molar-refractivity contribution in [3.8, 4) is 17.4 Å². The van der Waals surface area contributed by atoms with Crippen molar-refractivity contribution in [2.75, 3.05) is 18.4 Å². The molecule has 0 radical (unpaired) electrons. The fourth-order valence-electron chi connectivity index (χ4n) is 3.83. The zero-order valence-corrected chi connectivity index (χ0v) is 20.7. The molecule has 0 bridgehead atoms. The monoisotopic (exact) mass is 538 g/mol. The SMILES string of the molecule is CS(=O)(=O)Oc1cc(C(Nc2ccc(C(=N)N)cc2)c2nn(-c3ncccn3)c(=O)[nH]2)cc2c1OCOC2. The van der Waals surface area contributed by atoms with E-state index in [2.05, 4.69) is 25.4 Å². The first-order chi connectivity index (χ1) is 18.2. The van der Waals surface area contributed by atoms with Gasteiger partial charge < -0.3 is 24.7 Å². The Morgan fingerprint density at radius 2 is 1.97 bits per heavy atom. The fourth-order valence-corrected chi connectivity index (χ4v) is 4.28. The summed E-state index contributed by atoms with van der Waals surface area (Å²) in [7, 11) is -3.90. The molecule has 0 saturated carbocycles. The molecule has 5 rings (SSSR count). The number of nitrogen functional groups attached to an aromatic ring is 1. The number of benzene rings is 2. The zero-order chi connectivity index (χ0) is 26.9. The van der Waals surface area contributed by atoms with Gasteiger partial charge in [0.2, 0.25) is 0 Å². The molecule has 15 heteroatoms. The minimum atomic E-state index is -3.90. The van der Waals surface area contributed by atoms with E-state index in [4.69, 9.17) is 24.8 Å². The average Bonchev–Trinajstić information content (AvgIpc) is 3.28. The van der Waals surface area contributed by atoms with E-state index in [0.717, 1.165) is 10.9 Å². The first-order valence-corrected chi connectivity index (χ1v) is 12.9. The maximum absolute atomic E-state index is 12.8. The van der Waals surface area contributed by atoms with Gasteiger partial charge in [0.25, 0.3) is 5.95 Å². The summed E-state index contributed by atoms with van der Waals surface area (Å²) in [5.41, 5.74) is 7.14. The molecule has 2 aromatic heterocycles. The molecule has 196 valence electrons. The Hall–Kier alpha value is -4.76. The first kappa shape index (κ1) is 24.9. The summed E-state index contributed by atoms with van der Waals surface area (Å²) < 4.78 is 41.1. The molecule has 38 heavy (non-hydrogen) atoms. The number of hydrogen-bond acceptors (Lipinski definition) is 11. The molecule has 14 nitrogen and oxygen atoms in total. The van der Waals surface area contributed by atoms with Crippen LogP contribution in [0.25, 0.3) is 5.95 Å². The Morgan fingerprint density at radius 1 is 1.24 bits per heavy atom. The molecule has 1 aliphatic rings. The van der Waals surface area contributed by atoms with Gasteiger partial charge in [-0.25, -0.2) is 14.8 Å². The molecular formula is C23H22N8O6S. The van der Waals surface area contributed by atoms with Crippen molar-refractivity contribution in [3.05, 3.63) is 87.9 Å². The van der Waals surface area contributed by atoms with Gasteiger partial charge in [0.1, 0.15) is 11.9 Å². The van der Waals surface area contributed by atoms with E-state index in [9.17, 15) is 13.2 Å². The first-order valence-electron chi connectivity index (χ1n) is 11.1. The predicted octanol–water partition coefficient (Wildman–Crippen LogP) is 1.04. The topological polar surface area (TPSA) is 200 Å². The van der Waals surface area contributed by atoms with Crippen molar-refractivity contribution in [2.45, 2.75) is 12.6 Å². The minimum Gasteiger partial charge on any atom is -0.463 e. The smallest absolute Gasteiger partial charge is 0.350 e. The van der Waals surface area contributed by atoms with Crippen molar-refractivity contribution >= 4 is 21.6 Å². The standard InChI is InChI=1S/C23H22N8O6S/c1-38(33,34)37-17-10-14(9-15-11-35-12-36-19(15)17)18(28-16-5-3-13(4-6-16)20(24)25)21-29-23(32)31(30-21)22-26-7-2-8-27-22/h2-10,18,28H,11-12H2,1H3,(H3,24,25)(H,29,30,32). The summed E-state index contributed by atoms with van der Waals surface area (Å²) in [6, 6.07) is 10.8. The molecule has 0 aliphatic carbocycles. The number of hydrogen-bond donors (Lipinski definition) is 4. The van der Waals surface area contributed by atoms with Crippen molar-refractivity contribution in [1.82, 2.24) is 24.7 Å². The van der Waals surface area contributed by atoms with Crippen LogP contribution in [0.2, 0.25) is 0 Å². The summed E-state index contributed by atoms with van der Waals surface area (Å²) in [5.74, 6) is 0.372. The second-order valence-electron chi connectivity index (χ2n) is 8.25. The van der Waals surface area contributed by atoms with Gasteiger partial charge in [-0.1, -0.05) is 0 Å². The highest BCUT2D eigenvalue weighted by Crippen LogP contribution is 2.39. The maximum Gasteiger partial charge on any atom is 0.350 e. The number of nitrogens with zero attached hydrogens (tertiary/aromatic N) is 4. The van der Waals surface area contributed by atoms with Crippen LogP contribution in [-0.4, -0.2) is 52.0 Å². The lowest BCUT2D eigenvalue weighted by Crippen LogP contribution is -2.19. The van der Waals surface area contributed by atoms with Gasteiger partial charge in [-0.3, -0.25) is 10.4 Å². The van der Waals surface area contributed by atoms with E-state index in [1.54, 1.807) is 36.4 Å². The summed E-state index contributed by atoms with van der Waals surface area (Å²) >= 11 is 0. The van der Waals surface area contributed by atoms with E-state index >= 15 is 0 Å². The molecule has 0 amide bonds. The number of amidine groups is 1. The van der Waals surface area contributed by atoms with Crippen LogP contribution >= 0.6 is 0 Å². The van der Waals surface area contributed by atoms with Crippen LogP contribution in [0.3, 0.4) is 0 Å². The molecule has 1 unspecified atom stereocenters. The molecule has 0 saturated heterocycles. The van der Waals surface area contributed by atoms with Gasteiger partial charge in [0.15, 0.2) is 24.1 Å². The lowest BCUT2D eigenvalue weighted by atomic mass is 10.0. The number of aromatic amines is 1. The van der Waals surface area contributed by atoms with Crippen molar-refractivity contribution in [3.63, 3.8) is 0 Å². The van der Waals surface area contributed by atoms with Crippen LogP contribution in [0.15, 0.2) is 59.7 Å². The highest BCUT2D eigenvalue weighted by molar-refractivity contribution is 7.86. The summed E-state index contributed by atoms with van der Waals surface area (Å²) in [5, 5.41) is 15.3. The van der Waals surface area contributed by atoms with Crippen molar-refractivity contribution < 1.29 is 22.1 Å². The fraction of sp³-hybridized carbons (Fsp3) is 0.174. The number of nitrogens with one attached hydrogen (secondary N) is 3. The molecular weight excluding hydrogens is 516 g/mol. The number of nitrogens with two attached hydrogens (primary N) is 1. The normalized spacial score (nSPS) is 13.7. The molecule has 1 atom stereocenters. The summed E-state index contributed by atoms with van der Waals surface area (Å²) in [4.78, 5) is 23.7. The van der Waals surface area contributed by atoms with Crippen molar-refractivity contribution in [1.29, 1.82) is 5.41 Å². The quantitative estimate of drug-likeness (QED) is 0.142. The molecule has 3 heterocycles. The Bertz CT molecular complexity index is 1650. The van der Waals surface area contributed by atoms with E-state index in [1.807, 2.05) is 0 Å². The molecule has 0 spiro atoms. The summed E-state index contributed by atoms with van der Waals surface area (Å²) in [6.45, 7) is 0.0809. The molecule has 2 aromatic carbocycles. The van der Waals surface area contributed by atoms with Crippen LogP contribution in [0.5, 0.6) is 11.5 Å². The summed E-state index contributed by atoms with van der Waals surface area (Å²) in [6.07, 6.45) is 3.89. The number of H-pyrrole nitrogens is 1. The van der Waals surface area contributed by atoms with Crippen LogP contribution in [0, 0.1) is 5.41 Å². The van der Waals surface area contributed by atoms with Gasteiger partial charge in [0.05, 0.1) is 12.9 Å². The van der Waals surface area contributed by atoms with E-state index < -0.39 is 21.8 Å². The van der Waals surface area contributed by atoms with Crippen LogP contribution < -0.4 is 25.7 Å². The number of fused-ring (bicyclic) bond motifs is 1. The lowest BCUT2D eigenvalue weighted by molar-refractivity contribution is -0.0174. The number of rotatable bonds is 8. The van der Waals surface area contributed by atoms with Gasteiger partial charge in [-0.15, -0.1) is 9.78 Å². The largest absolute Gasteiger partial charge is 0.463 e. The Balaban J connectivity index is 1.63. The van der Waals surface area contributed by atoms with Crippen LogP contribution in [0.1, 0.15) is 28.6 Å². The van der Waals surface area contributed by atoms with Crippen LogP contribution in [0.4, 0.5) is 5.69 Å². The third-order valence-corrected chi connectivity index (χ3v) is 5.91.